The zero-order valence-electron chi connectivity index (χ0n) is 13.8. The van der Waals surface area contributed by atoms with Crippen LogP contribution < -0.4 is 10.1 Å². The number of carbonyl (C=O) groups is 2. The second-order valence-electron chi connectivity index (χ2n) is 5.10. The molecule has 9 heteroatoms. The minimum Gasteiger partial charge on any atom is -0.495 e. The van der Waals surface area contributed by atoms with Crippen LogP contribution in [0.3, 0.4) is 0 Å². The molecular formula is C17H15N5O4. The first-order chi connectivity index (χ1) is 12.7. The topological polar surface area (TPSA) is 108 Å². The minimum absolute atomic E-state index is 0.241. The van der Waals surface area contributed by atoms with Gasteiger partial charge in [-0.3, -0.25) is 4.79 Å². The van der Waals surface area contributed by atoms with Crippen LogP contribution in [0.1, 0.15) is 10.4 Å². The fourth-order valence-electron chi connectivity index (χ4n) is 2.26. The first kappa shape index (κ1) is 17.1. The molecule has 2 aromatic carbocycles. The number of aromatic nitrogens is 4. The molecule has 132 valence electrons. The number of nitrogens with one attached hydrogen (secondary N) is 1. The third kappa shape index (κ3) is 3.83. The lowest BCUT2D eigenvalue weighted by Crippen LogP contribution is -2.21. The number of esters is 1. The number of nitrogens with zero attached hydrogens (tertiary/aromatic N) is 4. The summed E-state index contributed by atoms with van der Waals surface area (Å²) in [5.74, 6) is -0.634. The van der Waals surface area contributed by atoms with Crippen molar-refractivity contribution in [2.24, 2.45) is 0 Å². The van der Waals surface area contributed by atoms with Gasteiger partial charge in [-0.25, -0.2) is 4.79 Å². The van der Waals surface area contributed by atoms with Gasteiger partial charge >= 0.3 is 5.97 Å². The van der Waals surface area contributed by atoms with Crippen molar-refractivity contribution in [3.05, 3.63) is 60.4 Å². The molecule has 0 aliphatic carbocycles. The van der Waals surface area contributed by atoms with Crippen LogP contribution in [0, 0.1) is 0 Å². The van der Waals surface area contributed by atoms with Gasteiger partial charge in [0.15, 0.2) is 6.61 Å². The maximum absolute atomic E-state index is 12.3. The summed E-state index contributed by atoms with van der Waals surface area (Å²) in [6.45, 7) is -0.444. The number of carbonyl (C=O) groups excluding carboxylic acids is 2. The number of ether oxygens (including phenoxy) is 2. The second kappa shape index (κ2) is 7.88. The second-order valence-corrected chi connectivity index (χ2v) is 5.10. The lowest BCUT2D eigenvalue weighted by molar-refractivity contribution is -0.119. The van der Waals surface area contributed by atoms with E-state index in [0.717, 1.165) is 0 Å². The SMILES string of the molecule is COc1ccccc1NC(=O)COC(=O)c1ccccc1-n1cnnn1. The Morgan fingerprint density at radius 2 is 1.88 bits per heavy atom. The number of amides is 1. The molecule has 0 spiro atoms. The van der Waals surface area contributed by atoms with Crippen molar-refractivity contribution in [3.63, 3.8) is 0 Å². The van der Waals surface area contributed by atoms with Crippen LogP contribution in [0.5, 0.6) is 5.75 Å². The molecule has 1 heterocycles. The van der Waals surface area contributed by atoms with Crippen LogP contribution in [-0.2, 0) is 9.53 Å². The molecule has 0 fully saturated rings. The summed E-state index contributed by atoms with van der Waals surface area (Å²) >= 11 is 0. The fraction of sp³-hybridized carbons (Fsp3) is 0.118. The number of para-hydroxylation sites is 3. The van der Waals surface area contributed by atoms with Crippen LogP contribution >= 0.6 is 0 Å². The third-order valence-corrected chi connectivity index (χ3v) is 3.44. The van der Waals surface area contributed by atoms with Gasteiger partial charge in [-0.1, -0.05) is 24.3 Å². The smallest absolute Gasteiger partial charge is 0.340 e. The van der Waals surface area contributed by atoms with Crippen molar-refractivity contribution in [1.29, 1.82) is 0 Å². The Kier molecular flexibility index (Phi) is 5.18. The van der Waals surface area contributed by atoms with Crippen molar-refractivity contribution in [2.75, 3.05) is 19.0 Å². The number of methoxy groups -OCH3 is 1. The van der Waals surface area contributed by atoms with E-state index >= 15 is 0 Å². The predicted molar refractivity (Wildman–Crippen MR) is 91.1 cm³/mol. The molecule has 1 aromatic heterocycles. The number of rotatable bonds is 6. The summed E-state index contributed by atoms with van der Waals surface area (Å²) in [6, 6.07) is 13.6. The Hall–Kier alpha value is -3.75. The van der Waals surface area contributed by atoms with Crippen LogP contribution in [-0.4, -0.2) is 45.8 Å². The molecule has 3 rings (SSSR count). The Balaban J connectivity index is 1.65. The standard InChI is InChI=1S/C17H15N5O4/c1-25-15-9-5-3-7-13(15)19-16(23)10-26-17(24)12-6-2-4-8-14(12)22-11-18-20-21-22/h2-9,11H,10H2,1H3,(H,19,23). The molecule has 0 unspecified atom stereocenters. The summed E-state index contributed by atoms with van der Waals surface area (Å²) < 4.78 is 11.6. The summed E-state index contributed by atoms with van der Waals surface area (Å²) in [6.07, 6.45) is 1.36. The molecule has 0 aliphatic heterocycles. The highest BCUT2D eigenvalue weighted by atomic mass is 16.5. The van der Waals surface area contributed by atoms with Crippen LogP contribution in [0.15, 0.2) is 54.9 Å². The first-order valence-electron chi connectivity index (χ1n) is 7.61. The highest BCUT2D eigenvalue weighted by Gasteiger charge is 2.16. The Labute approximate surface area is 148 Å². The highest BCUT2D eigenvalue weighted by Crippen LogP contribution is 2.22. The number of benzene rings is 2. The number of hydrogen-bond acceptors (Lipinski definition) is 7. The van der Waals surface area contributed by atoms with Crippen LogP contribution in [0.2, 0.25) is 0 Å². The van der Waals surface area contributed by atoms with Gasteiger partial charge in [-0.15, -0.1) is 5.10 Å². The van der Waals surface area contributed by atoms with Crippen LogP contribution in [0.25, 0.3) is 5.69 Å². The molecule has 0 saturated heterocycles. The summed E-state index contributed by atoms with van der Waals surface area (Å²) in [7, 11) is 1.50. The van der Waals surface area contributed by atoms with Crippen molar-refractivity contribution in [1.82, 2.24) is 20.2 Å². The van der Waals surface area contributed by atoms with E-state index in [1.807, 2.05) is 0 Å². The van der Waals surface area contributed by atoms with Gasteiger partial charge in [0.05, 0.1) is 24.0 Å². The van der Waals surface area contributed by atoms with Gasteiger partial charge in [-0.2, -0.15) is 4.68 Å². The minimum atomic E-state index is -0.661. The molecule has 1 amide bonds. The normalized spacial score (nSPS) is 10.2. The van der Waals surface area contributed by atoms with Gasteiger partial charge in [0, 0.05) is 0 Å². The number of hydrogen-bond donors (Lipinski definition) is 1. The third-order valence-electron chi connectivity index (χ3n) is 3.44. The molecule has 0 aliphatic rings. The van der Waals surface area contributed by atoms with E-state index in [1.54, 1.807) is 48.5 Å². The summed E-state index contributed by atoms with van der Waals surface area (Å²) in [4.78, 5) is 24.4. The lowest BCUT2D eigenvalue weighted by Gasteiger charge is -2.11. The molecule has 0 saturated carbocycles. The maximum Gasteiger partial charge on any atom is 0.340 e. The zero-order chi connectivity index (χ0) is 18.4. The lowest BCUT2D eigenvalue weighted by atomic mass is 10.2. The Morgan fingerprint density at radius 3 is 2.65 bits per heavy atom. The van der Waals surface area contributed by atoms with Gasteiger partial charge in [0.25, 0.3) is 5.91 Å². The van der Waals surface area contributed by atoms with E-state index in [4.69, 9.17) is 9.47 Å². The number of anilines is 1. The quantitative estimate of drug-likeness (QED) is 0.668. The fourth-order valence-corrected chi connectivity index (χ4v) is 2.26. The van der Waals surface area contributed by atoms with E-state index in [1.165, 1.54) is 18.1 Å². The van der Waals surface area contributed by atoms with Gasteiger partial charge < -0.3 is 14.8 Å². The molecule has 3 aromatic rings. The highest BCUT2D eigenvalue weighted by molar-refractivity contribution is 5.97. The summed E-state index contributed by atoms with van der Waals surface area (Å²) in [5.41, 5.74) is 1.18. The monoisotopic (exact) mass is 353 g/mol. The van der Waals surface area contributed by atoms with Gasteiger partial charge in [-0.05, 0) is 34.7 Å². The molecule has 0 radical (unpaired) electrons. The Morgan fingerprint density at radius 1 is 1.12 bits per heavy atom. The van der Waals surface area contributed by atoms with Crippen molar-refractivity contribution in [3.8, 4) is 11.4 Å². The predicted octanol–water partition coefficient (Wildman–Crippen LogP) is 1.47. The van der Waals surface area contributed by atoms with Crippen molar-refractivity contribution in [2.45, 2.75) is 0 Å². The molecule has 1 N–H and O–H groups in total. The van der Waals surface area contributed by atoms with E-state index in [9.17, 15) is 9.59 Å². The van der Waals surface area contributed by atoms with E-state index < -0.39 is 18.5 Å². The Bertz CT molecular complexity index is 911. The molecular weight excluding hydrogens is 338 g/mol. The average molecular weight is 353 g/mol. The van der Waals surface area contributed by atoms with Gasteiger partial charge in [0.1, 0.15) is 12.1 Å². The number of tetrazole rings is 1. The largest absolute Gasteiger partial charge is 0.495 e. The van der Waals surface area contributed by atoms with Crippen molar-refractivity contribution >= 4 is 17.6 Å². The molecule has 0 bridgehead atoms. The maximum atomic E-state index is 12.3. The van der Waals surface area contributed by atoms with Crippen LogP contribution in [0.4, 0.5) is 5.69 Å². The molecule has 26 heavy (non-hydrogen) atoms. The average Bonchev–Trinajstić information content (AvgIpc) is 3.21. The van der Waals surface area contributed by atoms with Gasteiger partial charge in [0.2, 0.25) is 0 Å². The van der Waals surface area contributed by atoms with E-state index in [0.29, 0.717) is 17.1 Å². The van der Waals surface area contributed by atoms with Crippen molar-refractivity contribution < 1.29 is 19.1 Å². The first-order valence-corrected chi connectivity index (χ1v) is 7.61. The molecule has 0 atom stereocenters. The molecule has 9 nitrogen and oxygen atoms in total. The zero-order valence-corrected chi connectivity index (χ0v) is 13.8. The van der Waals surface area contributed by atoms with E-state index in [-0.39, 0.29) is 5.56 Å². The summed E-state index contributed by atoms with van der Waals surface area (Å²) in [5, 5.41) is 13.5. The van der Waals surface area contributed by atoms with E-state index in [2.05, 4.69) is 20.8 Å².